The lowest BCUT2D eigenvalue weighted by molar-refractivity contribution is -0.147. The van der Waals surface area contributed by atoms with Crippen LogP contribution in [0.3, 0.4) is 0 Å². The molecule has 16 heavy (non-hydrogen) atoms. The molecule has 0 aromatic carbocycles. The SMILES string of the molecule is CN1CCN(CCCN=[N+]=[N-])C(C)(C)C1=O. The summed E-state index contributed by atoms with van der Waals surface area (Å²) in [5.41, 5.74) is 7.73. The van der Waals surface area contributed by atoms with Gasteiger partial charge in [0.1, 0.15) is 0 Å². The predicted octanol–water partition coefficient (Wildman–Crippen LogP) is 1.24. The van der Waals surface area contributed by atoms with Crippen LogP contribution >= 0.6 is 0 Å². The molecule has 0 aromatic heterocycles. The Balaban J connectivity index is 2.53. The van der Waals surface area contributed by atoms with Gasteiger partial charge in [-0.15, -0.1) is 0 Å². The van der Waals surface area contributed by atoms with E-state index >= 15 is 0 Å². The van der Waals surface area contributed by atoms with E-state index in [1.807, 2.05) is 20.9 Å². The Hall–Kier alpha value is -1.26. The highest BCUT2D eigenvalue weighted by Gasteiger charge is 2.39. The van der Waals surface area contributed by atoms with E-state index in [4.69, 9.17) is 5.53 Å². The number of nitrogens with zero attached hydrogens (tertiary/aromatic N) is 5. The fourth-order valence-corrected chi connectivity index (χ4v) is 2.02. The minimum Gasteiger partial charge on any atom is -0.343 e. The summed E-state index contributed by atoms with van der Waals surface area (Å²) in [6, 6.07) is 0. The Bertz CT molecular complexity index is 308. The van der Waals surface area contributed by atoms with Gasteiger partial charge in [0.05, 0.1) is 5.54 Å². The van der Waals surface area contributed by atoms with E-state index in [9.17, 15) is 4.79 Å². The summed E-state index contributed by atoms with van der Waals surface area (Å²) in [6.45, 7) is 6.82. The fraction of sp³-hybridized carbons (Fsp3) is 0.900. The zero-order valence-electron chi connectivity index (χ0n) is 10.2. The molecule has 0 spiro atoms. The van der Waals surface area contributed by atoms with Crippen LogP contribution in [0.4, 0.5) is 0 Å². The lowest BCUT2D eigenvalue weighted by Gasteiger charge is -2.44. The maximum Gasteiger partial charge on any atom is 0.242 e. The number of azide groups is 1. The summed E-state index contributed by atoms with van der Waals surface area (Å²) in [6.07, 6.45) is 0.796. The Morgan fingerprint density at radius 2 is 2.19 bits per heavy atom. The molecule has 1 aliphatic rings. The van der Waals surface area contributed by atoms with Crippen molar-refractivity contribution in [3.63, 3.8) is 0 Å². The monoisotopic (exact) mass is 225 g/mol. The van der Waals surface area contributed by atoms with Gasteiger partial charge in [0.25, 0.3) is 0 Å². The van der Waals surface area contributed by atoms with Gasteiger partial charge in [-0.1, -0.05) is 5.11 Å². The first-order chi connectivity index (χ1) is 7.50. The number of carbonyl (C=O) groups excluding carboxylic acids is 1. The lowest BCUT2D eigenvalue weighted by atomic mass is 9.97. The van der Waals surface area contributed by atoms with Crippen LogP contribution in [-0.2, 0) is 4.79 Å². The largest absolute Gasteiger partial charge is 0.343 e. The highest BCUT2D eigenvalue weighted by Crippen LogP contribution is 2.21. The van der Waals surface area contributed by atoms with Crippen LogP contribution in [0.5, 0.6) is 0 Å². The number of hydrogen-bond donors (Lipinski definition) is 0. The van der Waals surface area contributed by atoms with E-state index in [0.717, 1.165) is 26.1 Å². The first kappa shape index (κ1) is 12.8. The van der Waals surface area contributed by atoms with Crippen LogP contribution in [0.2, 0.25) is 0 Å². The van der Waals surface area contributed by atoms with Gasteiger partial charge in [0, 0.05) is 31.6 Å². The zero-order valence-corrected chi connectivity index (χ0v) is 10.2. The number of amides is 1. The Morgan fingerprint density at radius 1 is 1.50 bits per heavy atom. The van der Waals surface area contributed by atoms with Gasteiger partial charge in [-0.05, 0) is 32.3 Å². The van der Waals surface area contributed by atoms with Gasteiger partial charge in [-0.3, -0.25) is 9.69 Å². The molecule has 1 aliphatic heterocycles. The van der Waals surface area contributed by atoms with Crippen LogP contribution < -0.4 is 0 Å². The van der Waals surface area contributed by atoms with E-state index in [1.54, 1.807) is 4.90 Å². The van der Waals surface area contributed by atoms with Crippen molar-refractivity contribution in [2.24, 2.45) is 5.11 Å². The molecule has 1 rings (SSSR count). The van der Waals surface area contributed by atoms with Crippen molar-refractivity contribution in [2.45, 2.75) is 25.8 Å². The zero-order chi connectivity index (χ0) is 12.2. The Kier molecular flexibility index (Phi) is 4.15. The third kappa shape index (κ3) is 2.65. The molecule has 6 nitrogen and oxygen atoms in total. The quantitative estimate of drug-likeness (QED) is 0.312. The molecule has 90 valence electrons. The van der Waals surface area contributed by atoms with Crippen molar-refractivity contribution < 1.29 is 4.79 Å². The highest BCUT2D eigenvalue weighted by atomic mass is 16.2. The summed E-state index contributed by atoms with van der Waals surface area (Å²) in [4.78, 5) is 18.6. The van der Waals surface area contributed by atoms with Gasteiger partial charge in [0.2, 0.25) is 5.91 Å². The predicted molar refractivity (Wildman–Crippen MR) is 61.9 cm³/mol. The summed E-state index contributed by atoms with van der Waals surface area (Å²) in [7, 11) is 1.83. The molecule has 0 aromatic rings. The molecule has 0 unspecified atom stereocenters. The lowest BCUT2D eigenvalue weighted by Crippen LogP contribution is -2.62. The van der Waals surface area contributed by atoms with Crippen molar-refractivity contribution in [3.8, 4) is 0 Å². The van der Waals surface area contributed by atoms with E-state index in [-0.39, 0.29) is 5.91 Å². The molecule has 0 bridgehead atoms. The average Bonchev–Trinajstić information content (AvgIpc) is 2.24. The fourth-order valence-electron chi connectivity index (χ4n) is 2.02. The van der Waals surface area contributed by atoms with Crippen LogP contribution in [0.15, 0.2) is 5.11 Å². The molecule has 1 saturated heterocycles. The molecule has 0 radical (unpaired) electrons. The van der Waals surface area contributed by atoms with Crippen molar-refractivity contribution in [2.75, 3.05) is 33.2 Å². The second kappa shape index (κ2) is 5.18. The maximum atomic E-state index is 11.9. The maximum absolute atomic E-state index is 11.9. The summed E-state index contributed by atoms with van der Waals surface area (Å²) in [5, 5.41) is 3.50. The van der Waals surface area contributed by atoms with E-state index in [1.165, 1.54) is 0 Å². The molecule has 1 fully saturated rings. The molecule has 0 aliphatic carbocycles. The number of carbonyl (C=O) groups is 1. The Labute approximate surface area is 95.8 Å². The van der Waals surface area contributed by atoms with Crippen molar-refractivity contribution in [1.82, 2.24) is 9.80 Å². The summed E-state index contributed by atoms with van der Waals surface area (Å²) in [5.74, 6) is 0.155. The van der Waals surface area contributed by atoms with E-state index < -0.39 is 5.54 Å². The Morgan fingerprint density at radius 3 is 2.81 bits per heavy atom. The number of rotatable bonds is 4. The smallest absolute Gasteiger partial charge is 0.242 e. The van der Waals surface area contributed by atoms with Crippen LogP contribution in [0, 0.1) is 0 Å². The van der Waals surface area contributed by atoms with Gasteiger partial charge in [0.15, 0.2) is 0 Å². The van der Waals surface area contributed by atoms with Crippen LogP contribution in [0.1, 0.15) is 20.3 Å². The minimum absolute atomic E-state index is 0.155. The third-order valence-electron chi connectivity index (χ3n) is 3.12. The molecule has 0 saturated carbocycles. The second-order valence-electron chi connectivity index (χ2n) is 4.58. The van der Waals surface area contributed by atoms with Gasteiger partial charge >= 0.3 is 0 Å². The number of piperazine rings is 1. The number of likely N-dealkylation sites (N-methyl/N-ethyl adjacent to an activating group) is 1. The topological polar surface area (TPSA) is 72.3 Å². The van der Waals surface area contributed by atoms with Gasteiger partial charge in [-0.2, -0.15) is 0 Å². The molecule has 1 amide bonds. The van der Waals surface area contributed by atoms with Crippen molar-refractivity contribution >= 4 is 5.91 Å². The third-order valence-corrected chi connectivity index (χ3v) is 3.12. The normalized spacial score (nSPS) is 20.7. The molecular weight excluding hydrogens is 206 g/mol. The number of hydrogen-bond acceptors (Lipinski definition) is 3. The minimum atomic E-state index is -0.441. The summed E-state index contributed by atoms with van der Waals surface area (Å²) >= 11 is 0. The standard InChI is InChI=1S/C10H19N5O/c1-10(2)9(16)14(3)7-8-15(10)6-4-5-12-13-11/h4-8H2,1-3H3. The average molecular weight is 225 g/mol. The van der Waals surface area contributed by atoms with Crippen molar-refractivity contribution in [3.05, 3.63) is 10.4 Å². The first-order valence-corrected chi connectivity index (χ1v) is 5.51. The molecule has 0 N–H and O–H groups in total. The van der Waals surface area contributed by atoms with Gasteiger partial charge < -0.3 is 4.90 Å². The summed E-state index contributed by atoms with van der Waals surface area (Å²) < 4.78 is 0. The second-order valence-corrected chi connectivity index (χ2v) is 4.58. The van der Waals surface area contributed by atoms with E-state index in [2.05, 4.69) is 14.9 Å². The van der Waals surface area contributed by atoms with Gasteiger partial charge in [-0.25, -0.2) is 0 Å². The highest BCUT2D eigenvalue weighted by molar-refractivity contribution is 5.86. The first-order valence-electron chi connectivity index (χ1n) is 5.51. The molecular formula is C10H19N5O. The molecule has 0 atom stereocenters. The van der Waals surface area contributed by atoms with Crippen LogP contribution in [0.25, 0.3) is 10.4 Å². The molecule has 1 heterocycles. The van der Waals surface area contributed by atoms with Crippen LogP contribution in [-0.4, -0.2) is 54.5 Å². The molecule has 6 heteroatoms. The van der Waals surface area contributed by atoms with Crippen molar-refractivity contribution in [1.29, 1.82) is 0 Å². The van der Waals surface area contributed by atoms with E-state index in [0.29, 0.717) is 6.54 Å².